The fourth-order valence-corrected chi connectivity index (χ4v) is 4.49. The number of benzene rings is 3. The van der Waals surface area contributed by atoms with Gasteiger partial charge in [-0.25, -0.2) is 13.6 Å². The van der Waals surface area contributed by atoms with Gasteiger partial charge in [-0.3, -0.25) is 4.79 Å². The first-order valence-electron chi connectivity index (χ1n) is 10.5. The normalized spacial score (nSPS) is 11.5. The number of carbonyl (C=O) groups excluding carboxylic acids is 1. The largest absolute Gasteiger partial charge is 0.496 e. The number of ether oxygens (including phenoxy) is 2. The maximum atomic E-state index is 12.7. The number of halogens is 2. The third kappa shape index (κ3) is 6.30. The first kappa shape index (κ1) is 26.0. The highest BCUT2D eigenvalue weighted by molar-refractivity contribution is 7.89. The predicted octanol–water partition coefficient (Wildman–Crippen LogP) is 6.38. The van der Waals surface area contributed by atoms with Crippen LogP contribution in [0, 0.1) is 0 Å². The second-order valence-corrected chi connectivity index (χ2v) is 10.4. The molecule has 0 aliphatic carbocycles. The molecule has 0 unspecified atom stereocenters. The van der Waals surface area contributed by atoms with Gasteiger partial charge in [0, 0.05) is 17.5 Å². The van der Waals surface area contributed by atoms with E-state index in [9.17, 15) is 13.2 Å². The number of nitrogens with two attached hydrogens (primary N) is 1. The predicted molar refractivity (Wildman–Crippen MR) is 134 cm³/mol. The smallest absolute Gasteiger partial charge is 0.238 e. The van der Waals surface area contributed by atoms with Crippen molar-refractivity contribution in [1.29, 1.82) is 0 Å². The Kier molecular flexibility index (Phi) is 8.25. The average Bonchev–Trinajstić information content (AvgIpc) is 2.79. The van der Waals surface area contributed by atoms with Gasteiger partial charge in [-0.05, 0) is 60.4 Å². The van der Waals surface area contributed by atoms with Gasteiger partial charge in [-0.15, -0.1) is 0 Å². The molecule has 3 aromatic carbocycles. The molecule has 0 amide bonds. The van der Waals surface area contributed by atoms with E-state index in [2.05, 4.69) is 13.8 Å². The first-order chi connectivity index (χ1) is 16.0. The van der Waals surface area contributed by atoms with Crippen molar-refractivity contribution < 1.29 is 22.7 Å². The molecule has 0 atom stereocenters. The molecule has 0 radical (unpaired) electrons. The van der Waals surface area contributed by atoms with Crippen molar-refractivity contribution in [2.45, 2.75) is 37.5 Å². The molecule has 3 aromatic rings. The summed E-state index contributed by atoms with van der Waals surface area (Å²) < 4.78 is 34.1. The Morgan fingerprint density at radius 3 is 2.15 bits per heavy atom. The number of aryl methyl sites for hydroxylation is 1. The molecule has 2 N–H and O–H groups in total. The molecule has 3 rings (SSSR count). The van der Waals surface area contributed by atoms with Gasteiger partial charge in [-0.2, -0.15) is 0 Å². The second-order valence-electron chi connectivity index (χ2n) is 8.04. The summed E-state index contributed by atoms with van der Waals surface area (Å²) in [5, 5.41) is 5.54. The molecule has 0 fully saturated rings. The van der Waals surface area contributed by atoms with Crippen LogP contribution in [0.25, 0.3) is 0 Å². The summed E-state index contributed by atoms with van der Waals surface area (Å²) in [5.41, 5.74) is 2.15. The second kappa shape index (κ2) is 10.8. The van der Waals surface area contributed by atoms with Crippen molar-refractivity contribution in [2.24, 2.45) is 5.14 Å². The Morgan fingerprint density at radius 2 is 1.62 bits per heavy atom. The van der Waals surface area contributed by atoms with Gasteiger partial charge in [0.15, 0.2) is 11.5 Å². The van der Waals surface area contributed by atoms with E-state index in [1.165, 1.54) is 24.3 Å². The summed E-state index contributed by atoms with van der Waals surface area (Å²) in [5.74, 6) is 1.64. The molecule has 0 saturated carbocycles. The molecule has 0 heterocycles. The highest BCUT2D eigenvalue weighted by Crippen LogP contribution is 2.39. The molecule has 0 bridgehead atoms. The lowest BCUT2D eigenvalue weighted by atomic mass is 10.0. The van der Waals surface area contributed by atoms with Crippen LogP contribution in [0.1, 0.15) is 47.7 Å². The van der Waals surface area contributed by atoms with Gasteiger partial charge in [0.25, 0.3) is 0 Å². The van der Waals surface area contributed by atoms with Crippen LogP contribution in [-0.2, 0) is 16.4 Å². The summed E-state index contributed by atoms with van der Waals surface area (Å²) in [4.78, 5) is 12.7. The van der Waals surface area contributed by atoms with Crippen LogP contribution in [0.2, 0.25) is 10.0 Å². The minimum absolute atomic E-state index is 0.0223. The number of sulfonamides is 1. The monoisotopic (exact) mass is 521 g/mol. The number of primary sulfonamides is 1. The maximum absolute atomic E-state index is 12.7. The van der Waals surface area contributed by atoms with E-state index >= 15 is 0 Å². The Hall–Kier alpha value is -2.58. The Morgan fingerprint density at radius 1 is 1.00 bits per heavy atom. The van der Waals surface area contributed by atoms with Crippen molar-refractivity contribution >= 4 is 39.0 Å². The lowest BCUT2D eigenvalue weighted by molar-refractivity contribution is 0.0983. The van der Waals surface area contributed by atoms with E-state index < -0.39 is 10.0 Å². The number of methoxy groups -OCH3 is 1. The first-order valence-corrected chi connectivity index (χ1v) is 12.8. The Bertz CT molecular complexity index is 1280. The van der Waals surface area contributed by atoms with Crippen molar-refractivity contribution in [3.63, 3.8) is 0 Å². The van der Waals surface area contributed by atoms with Gasteiger partial charge >= 0.3 is 0 Å². The van der Waals surface area contributed by atoms with Crippen LogP contribution in [-0.4, -0.2) is 21.3 Å². The number of carbonyl (C=O) groups is 1. The topological polar surface area (TPSA) is 95.7 Å². The molecule has 6 nitrogen and oxygen atoms in total. The minimum Gasteiger partial charge on any atom is -0.496 e. The SMILES string of the molecule is COc1ccc(Oc2c(Cl)cc(C(=O)CCc3ccc(S(N)(=O)=O)cc3)cc2Cl)cc1C(C)C. The highest BCUT2D eigenvalue weighted by atomic mass is 35.5. The van der Waals surface area contributed by atoms with E-state index in [1.807, 2.05) is 12.1 Å². The molecule has 34 heavy (non-hydrogen) atoms. The molecule has 0 saturated heterocycles. The minimum atomic E-state index is -3.75. The standard InChI is InChI=1S/C25H25Cl2NO5S/c1-15(2)20-14-18(7-11-24(20)32-3)33-25-21(26)12-17(13-22(25)27)23(29)10-6-16-4-8-19(9-5-16)34(28,30)31/h4-5,7-9,11-15H,6,10H2,1-3H3,(H2,28,30,31). The van der Waals surface area contributed by atoms with Crippen molar-refractivity contribution in [1.82, 2.24) is 0 Å². The van der Waals surface area contributed by atoms with Gasteiger partial charge in [0.1, 0.15) is 11.5 Å². The van der Waals surface area contributed by atoms with Crippen LogP contribution in [0.3, 0.4) is 0 Å². The summed E-state index contributed by atoms with van der Waals surface area (Å²) in [7, 11) is -2.14. The molecular weight excluding hydrogens is 497 g/mol. The van der Waals surface area contributed by atoms with Gasteiger partial charge in [0.05, 0.1) is 22.1 Å². The van der Waals surface area contributed by atoms with Gasteiger partial charge < -0.3 is 9.47 Å². The fraction of sp³-hybridized carbons (Fsp3) is 0.240. The van der Waals surface area contributed by atoms with Crippen molar-refractivity contribution in [2.75, 3.05) is 7.11 Å². The van der Waals surface area contributed by atoms with Crippen molar-refractivity contribution in [3.05, 3.63) is 81.3 Å². The number of ketones is 1. The van der Waals surface area contributed by atoms with Crippen LogP contribution in [0.4, 0.5) is 0 Å². The molecule has 0 aliphatic heterocycles. The van der Waals surface area contributed by atoms with E-state index in [4.69, 9.17) is 37.8 Å². The van der Waals surface area contributed by atoms with Gasteiger partial charge in [0.2, 0.25) is 10.0 Å². The van der Waals surface area contributed by atoms with Crippen LogP contribution >= 0.6 is 23.2 Å². The lowest BCUT2D eigenvalue weighted by Crippen LogP contribution is -2.12. The molecular formula is C25H25Cl2NO5S. The summed E-state index contributed by atoms with van der Waals surface area (Å²) in [6.07, 6.45) is 0.610. The Labute approximate surface area is 209 Å². The maximum Gasteiger partial charge on any atom is 0.238 e. The summed E-state index contributed by atoms with van der Waals surface area (Å²) in [6, 6.07) is 14.6. The summed E-state index contributed by atoms with van der Waals surface area (Å²) >= 11 is 12.8. The molecule has 180 valence electrons. The summed E-state index contributed by atoms with van der Waals surface area (Å²) in [6.45, 7) is 4.10. The fourth-order valence-electron chi connectivity index (χ4n) is 3.41. The molecule has 0 spiro atoms. The van der Waals surface area contributed by atoms with E-state index in [0.29, 0.717) is 17.7 Å². The zero-order chi connectivity index (χ0) is 25.0. The zero-order valence-electron chi connectivity index (χ0n) is 19.0. The van der Waals surface area contributed by atoms with E-state index in [0.717, 1.165) is 16.9 Å². The van der Waals surface area contributed by atoms with Gasteiger partial charge in [-0.1, -0.05) is 49.2 Å². The quantitative estimate of drug-likeness (QED) is 0.329. The van der Waals surface area contributed by atoms with Crippen LogP contribution in [0.15, 0.2) is 59.5 Å². The van der Waals surface area contributed by atoms with E-state index in [1.54, 1.807) is 25.3 Å². The highest BCUT2D eigenvalue weighted by Gasteiger charge is 2.17. The van der Waals surface area contributed by atoms with E-state index in [-0.39, 0.29) is 38.8 Å². The average molecular weight is 522 g/mol. The number of hydrogen-bond donors (Lipinski definition) is 1. The number of Topliss-reactive ketones (excluding diaryl/α,β-unsaturated/α-hetero) is 1. The lowest BCUT2D eigenvalue weighted by Gasteiger charge is -2.15. The van der Waals surface area contributed by atoms with Crippen LogP contribution < -0.4 is 14.6 Å². The van der Waals surface area contributed by atoms with Crippen molar-refractivity contribution in [3.8, 4) is 17.2 Å². The van der Waals surface area contributed by atoms with Crippen LogP contribution in [0.5, 0.6) is 17.2 Å². The third-order valence-electron chi connectivity index (χ3n) is 5.26. The third-order valence-corrected chi connectivity index (χ3v) is 6.75. The number of hydrogen-bond acceptors (Lipinski definition) is 5. The molecule has 0 aliphatic rings. The molecule has 9 heteroatoms. The molecule has 0 aromatic heterocycles. The zero-order valence-corrected chi connectivity index (χ0v) is 21.3. The number of rotatable bonds is 9. The Balaban J connectivity index is 1.73.